The second-order valence-corrected chi connectivity index (χ2v) is 10.7. The molecule has 0 aliphatic carbocycles. The van der Waals surface area contributed by atoms with Gasteiger partial charge < -0.3 is 9.84 Å². The van der Waals surface area contributed by atoms with Crippen molar-refractivity contribution in [2.24, 2.45) is 0 Å². The van der Waals surface area contributed by atoms with E-state index in [1.165, 1.54) is 18.2 Å². The fraction of sp³-hybridized carbons (Fsp3) is 0.148. The van der Waals surface area contributed by atoms with E-state index >= 15 is 0 Å². The first kappa shape index (κ1) is 27.9. The van der Waals surface area contributed by atoms with Gasteiger partial charge in [-0.05, 0) is 67.4 Å². The molecule has 9 heteroatoms. The van der Waals surface area contributed by atoms with Crippen LogP contribution in [0.15, 0.2) is 101 Å². The van der Waals surface area contributed by atoms with Gasteiger partial charge in [0, 0.05) is 15.2 Å². The number of amides is 1. The lowest BCUT2D eigenvalue weighted by molar-refractivity contribution is 0.102. The average molecular weight is 591 g/mol. The summed E-state index contributed by atoms with van der Waals surface area (Å²) in [5.41, 5.74) is 2.25. The van der Waals surface area contributed by atoms with Crippen molar-refractivity contribution >= 4 is 46.9 Å². The van der Waals surface area contributed by atoms with E-state index in [0.717, 1.165) is 15.6 Å². The van der Waals surface area contributed by atoms with Gasteiger partial charge in [0.15, 0.2) is 0 Å². The quantitative estimate of drug-likeness (QED) is 0.179. The highest BCUT2D eigenvalue weighted by atomic mass is 79.9. The highest BCUT2D eigenvalue weighted by Gasteiger charge is 2.31. The van der Waals surface area contributed by atoms with E-state index < -0.39 is 13.7 Å². The highest BCUT2D eigenvalue weighted by Crippen LogP contribution is 2.51. The number of phosphoric acid groups is 1. The van der Waals surface area contributed by atoms with Gasteiger partial charge in [0.2, 0.25) is 0 Å². The molecule has 0 saturated carbocycles. The highest BCUT2D eigenvalue weighted by molar-refractivity contribution is 9.10. The summed E-state index contributed by atoms with van der Waals surface area (Å²) in [5.74, 6) is -0.478. The zero-order chi connectivity index (χ0) is 26.0. The zero-order valence-electron chi connectivity index (χ0n) is 19.8. The van der Waals surface area contributed by atoms with Crippen molar-refractivity contribution in [3.05, 3.63) is 117 Å². The maximum absolute atomic E-state index is 13.7. The maximum Gasteiger partial charge on any atom is 0.530 e. The van der Waals surface area contributed by atoms with Gasteiger partial charge in [0.05, 0.1) is 18.8 Å². The summed E-state index contributed by atoms with van der Waals surface area (Å²) in [6.45, 7) is 3.72. The largest absolute Gasteiger partial charge is 0.530 e. The number of allylic oxidation sites excluding steroid dienone is 3. The van der Waals surface area contributed by atoms with Gasteiger partial charge in [0.25, 0.3) is 5.91 Å². The number of phosphoric ester groups is 1. The van der Waals surface area contributed by atoms with E-state index in [-0.39, 0.29) is 24.5 Å². The van der Waals surface area contributed by atoms with Gasteiger partial charge in [0.1, 0.15) is 5.75 Å². The number of nitrogens with one attached hydrogen (secondary N) is 1. The molecule has 3 rings (SSSR count). The van der Waals surface area contributed by atoms with Crippen molar-refractivity contribution in [1.82, 2.24) is 0 Å². The van der Waals surface area contributed by atoms with Gasteiger partial charge in [-0.15, -0.1) is 0 Å². The van der Waals surface area contributed by atoms with E-state index in [9.17, 15) is 9.36 Å². The van der Waals surface area contributed by atoms with E-state index in [0.29, 0.717) is 10.7 Å². The Balaban J connectivity index is 1.86. The van der Waals surface area contributed by atoms with Crippen molar-refractivity contribution in [2.45, 2.75) is 20.5 Å². The lowest BCUT2D eigenvalue weighted by Gasteiger charge is -2.20. The van der Waals surface area contributed by atoms with E-state index in [1.54, 1.807) is 24.3 Å². The number of hydrogen-bond acceptors (Lipinski definition) is 5. The fourth-order valence-corrected chi connectivity index (χ4v) is 4.60. The summed E-state index contributed by atoms with van der Waals surface area (Å²) in [5, 5.41) is 3.10. The van der Waals surface area contributed by atoms with Gasteiger partial charge in [-0.2, -0.15) is 0 Å². The molecule has 1 amide bonds. The lowest BCUT2D eigenvalue weighted by atomic mass is 10.2. The van der Waals surface area contributed by atoms with Crippen LogP contribution in [0.2, 0.25) is 5.02 Å². The minimum Gasteiger partial charge on any atom is -0.403 e. The van der Waals surface area contributed by atoms with E-state index in [2.05, 4.69) is 21.2 Å². The fourth-order valence-electron chi connectivity index (χ4n) is 2.92. The third kappa shape index (κ3) is 8.77. The third-order valence-corrected chi connectivity index (χ3v) is 6.83. The lowest BCUT2D eigenvalue weighted by Crippen LogP contribution is -2.14. The molecular weight excluding hydrogens is 565 g/mol. The Bertz CT molecular complexity index is 1280. The Hall–Kier alpha value is -2.67. The predicted octanol–water partition coefficient (Wildman–Crippen LogP) is 8.60. The zero-order valence-corrected chi connectivity index (χ0v) is 23.1. The predicted molar refractivity (Wildman–Crippen MR) is 148 cm³/mol. The van der Waals surface area contributed by atoms with Crippen molar-refractivity contribution in [3.8, 4) is 5.75 Å². The van der Waals surface area contributed by atoms with Crippen molar-refractivity contribution in [3.63, 3.8) is 0 Å². The summed E-state index contributed by atoms with van der Waals surface area (Å²) in [7, 11) is -4.16. The van der Waals surface area contributed by atoms with Gasteiger partial charge in [-0.3, -0.25) is 13.8 Å². The molecule has 36 heavy (non-hydrogen) atoms. The first-order valence-electron chi connectivity index (χ1n) is 11.1. The van der Waals surface area contributed by atoms with Crippen molar-refractivity contribution in [1.29, 1.82) is 0 Å². The van der Waals surface area contributed by atoms with Crippen LogP contribution >= 0.6 is 35.4 Å². The number of anilines is 1. The number of carbonyl (C=O) groups excluding carboxylic acids is 1. The minimum absolute atomic E-state index is 0.00438. The Morgan fingerprint density at radius 1 is 1.06 bits per heavy atom. The molecule has 0 aliphatic rings. The average Bonchev–Trinajstić information content (AvgIpc) is 2.88. The van der Waals surface area contributed by atoms with Crippen LogP contribution in [0, 0.1) is 0 Å². The van der Waals surface area contributed by atoms with E-state index in [1.807, 2.05) is 62.4 Å². The Morgan fingerprint density at radius 3 is 2.47 bits per heavy atom. The minimum atomic E-state index is -4.16. The third-order valence-electron chi connectivity index (χ3n) is 4.75. The molecule has 0 aliphatic heterocycles. The van der Waals surface area contributed by atoms with Crippen LogP contribution < -0.4 is 9.84 Å². The number of halogens is 2. The number of carbonyl (C=O) groups is 1. The van der Waals surface area contributed by atoms with Crippen molar-refractivity contribution in [2.75, 3.05) is 11.9 Å². The monoisotopic (exact) mass is 589 g/mol. The molecule has 0 radical (unpaired) electrons. The van der Waals surface area contributed by atoms with Crippen LogP contribution in [-0.4, -0.2) is 12.5 Å². The van der Waals surface area contributed by atoms with Crippen LogP contribution in [0.1, 0.15) is 29.8 Å². The second kappa shape index (κ2) is 13.6. The summed E-state index contributed by atoms with van der Waals surface area (Å²) in [4.78, 5) is 13.1. The Morgan fingerprint density at radius 2 is 1.78 bits per heavy atom. The second-order valence-electron chi connectivity index (χ2n) is 7.71. The molecule has 0 fully saturated rings. The number of benzene rings is 3. The Kier molecular flexibility index (Phi) is 10.5. The van der Waals surface area contributed by atoms with Crippen LogP contribution in [-0.2, 0) is 20.2 Å². The molecule has 0 bridgehead atoms. The molecule has 0 saturated heterocycles. The molecule has 188 valence electrons. The SMILES string of the molecule is C/C=C\C=C(/C)COP(=O)(OCc1ccccc1)Oc1ccc(Cl)cc1C(=O)Nc1ccc(Br)cc1. The van der Waals surface area contributed by atoms with Gasteiger partial charge in [-0.1, -0.05) is 76.1 Å². The summed E-state index contributed by atoms with van der Waals surface area (Å²) in [6.07, 6.45) is 5.55. The molecule has 3 aromatic carbocycles. The summed E-state index contributed by atoms with van der Waals surface area (Å²) in [6, 6.07) is 20.7. The summed E-state index contributed by atoms with van der Waals surface area (Å²) < 4.78 is 31.7. The molecule has 3 aromatic rings. The molecular formula is C27H26BrClNO5P. The van der Waals surface area contributed by atoms with Gasteiger partial charge >= 0.3 is 7.82 Å². The number of hydrogen-bond donors (Lipinski definition) is 1. The molecule has 1 unspecified atom stereocenters. The molecule has 0 heterocycles. The summed E-state index contributed by atoms with van der Waals surface area (Å²) >= 11 is 9.53. The van der Waals surface area contributed by atoms with Crippen LogP contribution in [0.25, 0.3) is 0 Å². The smallest absolute Gasteiger partial charge is 0.403 e. The molecule has 0 aromatic heterocycles. The van der Waals surface area contributed by atoms with Crippen LogP contribution in [0.5, 0.6) is 5.75 Å². The first-order valence-corrected chi connectivity index (χ1v) is 13.7. The molecule has 0 spiro atoms. The molecule has 1 N–H and O–H groups in total. The topological polar surface area (TPSA) is 73.9 Å². The van der Waals surface area contributed by atoms with Gasteiger partial charge in [-0.25, -0.2) is 4.57 Å². The first-order chi connectivity index (χ1) is 17.3. The standard InChI is InChI=1S/C27H26BrClNO5P/c1-3-4-8-20(2)18-33-36(32,34-19-21-9-6-5-7-10-21)35-26-16-13-23(29)17-25(26)27(31)30-24-14-11-22(28)12-15-24/h3-17H,18-19H2,1-2H3,(H,30,31)/b4-3-,20-8+. The van der Waals surface area contributed by atoms with Crippen molar-refractivity contribution < 1.29 is 22.9 Å². The normalized spacial score (nSPS) is 13.4. The van der Waals surface area contributed by atoms with E-state index in [4.69, 9.17) is 25.2 Å². The molecule has 6 nitrogen and oxygen atoms in total. The molecule has 1 atom stereocenters. The number of rotatable bonds is 11. The van der Waals surface area contributed by atoms with Crippen LogP contribution in [0.3, 0.4) is 0 Å². The van der Waals surface area contributed by atoms with Crippen LogP contribution in [0.4, 0.5) is 5.69 Å². The Labute approximate surface area is 224 Å². The maximum atomic E-state index is 13.7.